The van der Waals surface area contributed by atoms with E-state index in [1.807, 2.05) is 44.3 Å². The number of nitrogens with two attached hydrogens (primary N) is 2. The monoisotopic (exact) mass is 376 g/mol. The van der Waals surface area contributed by atoms with E-state index < -0.39 is 6.04 Å². The highest BCUT2D eigenvalue weighted by atomic mass is 16.5. The van der Waals surface area contributed by atoms with Crippen LogP contribution in [0.5, 0.6) is 5.75 Å². The molecule has 3 rings (SSSR count). The molecule has 9 nitrogen and oxygen atoms in total. The van der Waals surface area contributed by atoms with Crippen LogP contribution in [-0.2, 0) is 0 Å². The van der Waals surface area contributed by atoms with Crippen LogP contribution in [0.1, 0.15) is 41.6 Å². The highest BCUT2D eigenvalue weighted by Gasteiger charge is 2.30. The third kappa shape index (κ3) is 3.33. The minimum Gasteiger partial charge on any atom is -0.494 e. The lowest BCUT2D eigenvalue weighted by Crippen LogP contribution is -2.33. The van der Waals surface area contributed by atoms with Crippen molar-refractivity contribution >= 4 is 23.3 Å². The zero-order valence-electron chi connectivity index (χ0n) is 15.6. The lowest BCUT2D eigenvalue weighted by molar-refractivity contribution is 0.317. The SMILES string of the molecule is CCCOc1ccc(C2N=C(NC#N)Nc3nc(N)c(C#N)c(N)c32)c(C)c1. The number of benzene rings is 1. The Bertz CT molecular complexity index is 1030. The maximum absolute atomic E-state index is 9.39. The average molecular weight is 376 g/mol. The lowest BCUT2D eigenvalue weighted by atomic mass is 9.92. The first-order chi connectivity index (χ1) is 13.5. The molecule has 0 fully saturated rings. The van der Waals surface area contributed by atoms with Gasteiger partial charge >= 0.3 is 0 Å². The Morgan fingerprint density at radius 1 is 1.32 bits per heavy atom. The van der Waals surface area contributed by atoms with Crippen molar-refractivity contribution in [2.24, 2.45) is 4.99 Å². The molecule has 1 atom stereocenters. The second-order valence-electron chi connectivity index (χ2n) is 6.27. The molecule has 0 spiro atoms. The molecule has 1 aromatic heterocycles. The maximum atomic E-state index is 9.39. The highest BCUT2D eigenvalue weighted by Crippen LogP contribution is 2.41. The average Bonchev–Trinajstić information content (AvgIpc) is 2.66. The van der Waals surface area contributed by atoms with Crippen molar-refractivity contribution < 1.29 is 4.74 Å². The van der Waals surface area contributed by atoms with Gasteiger partial charge in [0.25, 0.3) is 0 Å². The van der Waals surface area contributed by atoms with E-state index >= 15 is 0 Å². The first-order valence-corrected chi connectivity index (χ1v) is 8.72. The number of pyridine rings is 1. The molecule has 0 saturated carbocycles. The van der Waals surface area contributed by atoms with Crippen molar-refractivity contribution in [2.75, 3.05) is 23.4 Å². The number of hydrogen-bond acceptors (Lipinski definition) is 9. The summed E-state index contributed by atoms with van der Waals surface area (Å²) < 4.78 is 5.68. The van der Waals surface area contributed by atoms with E-state index in [0.29, 0.717) is 18.0 Å². The Balaban J connectivity index is 2.15. The summed E-state index contributed by atoms with van der Waals surface area (Å²) in [5.41, 5.74) is 14.8. The normalized spacial score (nSPS) is 14.7. The summed E-state index contributed by atoms with van der Waals surface area (Å²) in [6.07, 6.45) is 2.75. The topological polar surface area (TPSA) is 158 Å². The summed E-state index contributed by atoms with van der Waals surface area (Å²) in [6.45, 7) is 4.61. The standard InChI is InChI=1S/C19H20N8O/c1-3-6-28-11-4-5-12(10(2)7-11)16-14-15(22)13(8-20)17(23)26-18(14)27-19(25-16)24-9-21/h4-5,7,16H,3,6H2,1-2H3,(H6,22,23,24,25,26,27). The molecule has 6 N–H and O–H groups in total. The molecule has 1 aliphatic heterocycles. The Kier molecular flexibility index (Phi) is 5.18. The fourth-order valence-electron chi connectivity index (χ4n) is 3.07. The van der Waals surface area contributed by atoms with E-state index in [-0.39, 0.29) is 23.0 Å². The summed E-state index contributed by atoms with van der Waals surface area (Å²) in [5.74, 6) is 1.36. The van der Waals surface area contributed by atoms with Crippen LogP contribution in [-0.4, -0.2) is 17.6 Å². The van der Waals surface area contributed by atoms with Crippen LogP contribution in [0, 0.1) is 29.7 Å². The van der Waals surface area contributed by atoms with Crippen molar-refractivity contribution in [3.63, 3.8) is 0 Å². The zero-order chi connectivity index (χ0) is 20.3. The molecule has 9 heteroatoms. The quantitative estimate of drug-likeness (QED) is 0.467. The van der Waals surface area contributed by atoms with Gasteiger partial charge in [-0.15, -0.1) is 0 Å². The van der Waals surface area contributed by atoms with Gasteiger partial charge in [0, 0.05) is 5.56 Å². The predicted octanol–water partition coefficient (Wildman–Crippen LogP) is 2.16. The van der Waals surface area contributed by atoms with E-state index in [0.717, 1.165) is 23.3 Å². The van der Waals surface area contributed by atoms with Gasteiger partial charge in [0.05, 0.1) is 12.3 Å². The van der Waals surface area contributed by atoms with Gasteiger partial charge in [-0.05, 0) is 36.6 Å². The largest absolute Gasteiger partial charge is 0.494 e. The van der Waals surface area contributed by atoms with E-state index in [9.17, 15) is 5.26 Å². The molecule has 28 heavy (non-hydrogen) atoms. The first-order valence-electron chi connectivity index (χ1n) is 8.72. The van der Waals surface area contributed by atoms with Crippen LogP contribution >= 0.6 is 0 Å². The first kappa shape index (κ1) is 18.8. The minimum atomic E-state index is -0.562. The van der Waals surface area contributed by atoms with Gasteiger partial charge in [-0.1, -0.05) is 13.0 Å². The van der Waals surface area contributed by atoms with Crippen molar-refractivity contribution in [1.29, 1.82) is 10.5 Å². The van der Waals surface area contributed by atoms with Crippen molar-refractivity contribution in [1.82, 2.24) is 10.3 Å². The number of aromatic nitrogens is 1. The number of aliphatic imine (C=N–C) groups is 1. The van der Waals surface area contributed by atoms with E-state index in [1.165, 1.54) is 0 Å². The molecule has 0 radical (unpaired) electrons. The molecule has 0 aliphatic carbocycles. The molecule has 142 valence electrons. The number of nitrogen functional groups attached to an aromatic ring is 2. The molecule has 2 heterocycles. The molecule has 0 amide bonds. The second kappa shape index (κ2) is 7.72. The molecule has 0 saturated heterocycles. The summed E-state index contributed by atoms with van der Waals surface area (Å²) in [7, 11) is 0. The van der Waals surface area contributed by atoms with E-state index in [2.05, 4.69) is 20.6 Å². The summed E-state index contributed by atoms with van der Waals surface area (Å²) in [6, 6.07) is 7.11. The van der Waals surface area contributed by atoms with Crippen molar-refractivity contribution in [3.8, 4) is 18.0 Å². The molecule has 0 bridgehead atoms. The van der Waals surface area contributed by atoms with Crippen LogP contribution in [0.3, 0.4) is 0 Å². The van der Waals surface area contributed by atoms with Crippen LogP contribution in [0.2, 0.25) is 0 Å². The van der Waals surface area contributed by atoms with Gasteiger partial charge in [-0.2, -0.15) is 10.5 Å². The zero-order valence-corrected chi connectivity index (χ0v) is 15.6. The van der Waals surface area contributed by atoms with Gasteiger partial charge in [-0.25, -0.2) is 9.98 Å². The van der Waals surface area contributed by atoms with E-state index in [4.69, 9.17) is 21.5 Å². The number of aryl methyl sites for hydroxylation is 1. The van der Waals surface area contributed by atoms with Crippen LogP contribution in [0.4, 0.5) is 17.3 Å². The van der Waals surface area contributed by atoms with Gasteiger partial charge in [0.2, 0.25) is 5.96 Å². The molecule has 1 aromatic carbocycles. The highest BCUT2D eigenvalue weighted by molar-refractivity contribution is 5.98. The van der Waals surface area contributed by atoms with Crippen molar-refractivity contribution in [3.05, 3.63) is 40.5 Å². The number of nitriles is 2. The van der Waals surface area contributed by atoms with Crippen LogP contribution < -0.4 is 26.8 Å². The third-order valence-corrected chi connectivity index (χ3v) is 4.37. The number of anilines is 3. The minimum absolute atomic E-state index is 0.0169. The predicted molar refractivity (Wildman–Crippen MR) is 106 cm³/mol. The van der Waals surface area contributed by atoms with Crippen LogP contribution in [0.25, 0.3) is 0 Å². The smallest absolute Gasteiger partial charge is 0.211 e. The fraction of sp³-hybridized carbons (Fsp3) is 0.263. The maximum Gasteiger partial charge on any atom is 0.211 e. The lowest BCUT2D eigenvalue weighted by Gasteiger charge is -2.27. The summed E-state index contributed by atoms with van der Waals surface area (Å²) >= 11 is 0. The number of guanidine groups is 1. The molecule has 1 aliphatic rings. The van der Waals surface area contributed by atoms with Crippen molar-refractivity contribution in [2.45, 2.75) is 26.3 Å². The Morgan fingerprint density at radius 3 is 2.75 bits per heavy atom. The number of rotatable bonds is 4. The Hall–Kier alpha value is -3.98. The summed E-state index contributed by atoms with van der Waals surface area (Å²) in [5, 5.41) is 23.8. The molecule has 2 aromatic rings. The van der Waals surface area contributed by atoms with Gasteiger partial charge in [0.1, 0.15) is 35.1 Å². The number of hydrogen-bond donors (Lipinski definition) is 4. The Labute approximate surface area is 162 Å². The number of nitrogens with zero attached hydrogens (tertiary/aromatic N) is 4. The number of ether oxygens (including phenoxy) is 1. The Morgan fingerprint density at radius 2 is 2.11 bits per heavy atom. The summed E-state index contributed by atoms with van der Waals surface area (Å²) in [4.78, 5) is 8.81. The third-order valence-electron chi connectivity index (χ3n) is 4.37. The van der Waals surface area contributed by atoms with E-state index in [1.54, 1.807) is 0 Å². The van der Waals surface area contributed by atoms with Gasteiger partial charge < -0.3 is 21.5 Å². The second-order valence-corrected chi connectivity index (χ2v) is 6.27. The molecule has 1 unspecified atom stereocenters. The number of fused-ring (bicyclic) bond motifs is 1. The van der Waals surface area contributed by atoms with Gasteiger partial charge in [0.15, 0.2) is 6.19 Å². The molecular formula is C19H20N8O. The van der Waals surface area contributed by atoms with Gasteiger partial charge in [-0.3, -0.25) is 5.32 Å². The number of nitrogens with one attached hydrogen (secondary N) is 2. The van der Waals surface area contributed by atoms with Crippen LogP contribution in [0.15, 0.2) is 23.2 Å². The fourth-order valence-corrected chi connectivity index (χ4v) is 3.07. The molecular weight excluding hydrogens is 356 g/mol.